The Kier molecular flexibility index (Phi) is 8.16. The van der Waals surface area contributed by atoms with Crippen LogP contribution in [0.3, 0.4) is 0 Å². The van der Waals surface area contributed by atoms with Crippen molar-refractivity contribution in [3.05, 3.63) is 0 Å². The Morgan fingerprint density at radius 1 is 0.933 bits per heavy atom. The highest BCUT2D eigenvalue weighted by Crippen LogP contribution is 1.81. The summed E-state index contributed by atoms with van der Waals surface area (Å²) in [5, 5.41) is 2.88. The van der Waals surface area contributed by atoms with Crippen LogP contribution in [0.25, 0.3) is 0 Å². The molecule has 0 aliphatic heterocycles. The van der Waals surface area contributed by atoms with Gasteiger partial charge in [-0.15, -0.1) is 0 Å². The summed E-state index contributed by atoms with van der Waals surface area (Å²) in [5.74, 6) is 0. The van der Waals surface area contributed by atoms with Gasteiger partial charge in [-0.2, -0.15) is 0 Å². The topological polar surface area (TPSA) is 83.1 Å². The lowest BCUT2D eigenvalue weighted by atomic mass is 10.6. The molecule has 0 aliphatic rings. The molecule has 1 N–H and O–H groups in total. The van der Waals surface area contributed by atoms with Crippen molar-refractivity contribution in [3.8, 4) is 0 Å². The Hall–Kier alpha value is -1.50. The number of hydrogen-bond acceptors (Lipinski definition) is 7. The molecule has 0 saturated carbocycles. The summed E-state index contributed by atoms with van der Waals surface area (Å²) in [6.07, 6.45) is -1.44. The van der Waals surface area contributed by atoms with Crippen LogP contribution in [0.15, 0.2) is 0 Å². The fraction of sp³-hybridized carbons (Fsp3) is 0.750. The molecule has 0 bridgehead atoms. The molecule has 0 spiro atoms. The Morgan fingerprint density at radius 3 is 1.67 bits per heavy atom. The van der Waals surface area contributed by atoms with E-state index < -0.39 is 12.3 Å². The Morgan fingerprint density at radius 2 is 1.33 bits per heavy atom. The Labute approximate surface area is 87.6 Å². The molecule has 0 aromatic heterocycles. The van der Waals surface area contributed by atoms with E-state index in [1.165, 1.54) is 14.2 Å². The number of carbonyl (C=O) groups excluding carboxylic acids is 2. The van der Waals surface area contributed by atoms with Crippen LogP contribution in [0, 0.1) is 0 Å². The third-order valence-corrected chi connectivity index (χ3v) is 1.33. The van der Waals surface area contributed by atoms with E-state index in [0.29, 0.717) is 13.1 Å². The number of methoxy groups -OCH3 is 2. The minimum absolute atomic E-state index is 0.199. The van der Waals surface area contributed by atoms with Gasteiger partial charge < -0.3 is 24.3 Å². The molecule has 7 nitrogen and oxygen atoms in total. The predicted octanol–water partition coefficient (Wildman–Crippen LogP) is 0.142. The average Bonchev–Trinajstić information content (AvgIpc) is 2.26. The lowest BCUT2D eigenvalue weighted by molar-refractivity contribution is 0.0691. The van der Waals surface area contributed by atoms with Gasteiger partial charge in [0.15, 0.2) is 0 Å². The fourth-order valence-electron chi connectivity index (χ4n) is 0.656. The first-order valence-corrected chi connectivity index (χ1v) is 4.33. The molecular formula is C8H15NO6. The molecular weight excluding hydrogens is 206 g/mol. The van der Waals surface area contributed by atoms with Crippen LogP contribution < -0.4 is 5.32 Å². The van der Waals surface area contributed by atoms with Crippen molar-refractivity contribution in [1.29, 1.82) is 0 Å². The fourth-order valence-corrected chi connectivity index (χ4v) is 0.656. The second-order valence-corrected chi connectivity index (χ2v) is 2.36. The normalized spacial score (nSPS) is 9.20. The maximum absolute atomic E-state index is 10.5. The van der Waals surface area contributed by atoms with Crippen LogP contribution in [-0.4, -0.2) is 52.8 Å². The lowest BCUT2D eigenvalue weighted by Gasteiger charge is -2.05. The van der Waals surface area contributed by atoms with E-state index in [2.05, 4.69) is 24.3 Å². The highest BCUT2D eigenvalue weighted by atomic mass is 16.7. The molecule has 0 atom stereocenters. The SMILES string of the molecule is COC(=O)OCCNCCOC(=O)OC. The zero-order valence-corrected chi connectivity index (χ0v) is 8.78. The molecule has 0 amide bonds. The molecule has 0 heterocycles. The first-order chi connectivity index (χ1) is 7.20. The summed E-state index contributed by atoms with van der Waals surface area (Å²) in [4.78, 5) is 20.9. The van der Waals surface area contributed by atoms with Crippen molar-refractivity contribution >= 4 is 12.3 Å². The molecule has 88 valence electrons. The number of carbonyl (C=O) groups is 2. The second-order valence-electron chi connectivity index (χ2n) is 2.36. The van der Waals surface area contributed by atoms with Gasteiger partial charge in [0.1, 0.15) is 13.2 Å². The van der Waals surface area contributed by atoms with E-state index in [0.717, 1.165) is 0 Å². The van der Waals surface area contributed by atoms with Crippen molar-refractivity contribution in [2.75, 3.05) is 40.5 Å². The minimum atomic E-state index is -0.720. The zero-order valence-electron chi connectivity index (χ0n) is 8.78. The lowest BCUT2D eigenvalue weighted by Crippen LogP contribution is -2.26. The predicted molar refractivity (Wildman–Crippen MR) is 49.6 cm³/mol. The van der Waals surface area contributed by atoms with Crippen LogP contribution in [-0.2, 0) is 18.9 Å². The molecule has 0 aliphatic carbocycles. The summed E-state index contributed by atoms with van der Waals surface area (Å²) < 4.78 is 17.7. The molecule has 0 saturated heterocycles. The van der Waals surface area contributed by atoms with E-state index in [1.54, 1.807) is 0 Å². The minimum Gasteiger partial charge on any atom is -0.438 e. The van der Waals surface area contributed by atoms with Gasteiger partial charge in [-0.05, 0) is 0 Å². The number of hydrogen-bond donors (Lipinski definition) is 1. The van der Waals surface area contributed by atoms with Gasteiger partial charge in [0.2, 0.25) is 0 Å². The third kappa shape index (κ3) is 8.82. The van der Waals surface area contributed by atoms with E-state index in [9.17, 15) is 9.59 Å². The standard InChI is InChI=1S/C8H15NO6/c1-12-7(10)14-5-3-9-4-6-15-8(11)13-2/h9H,3-6H2,1-2H3. The molecule has 0 unspecified atom stereocenters. The van der Waals surface area contributed by atoms with Crippen molar-refractivity contribution in [2.45, 2.75) is 0 Å². The van der Waals surface area contributed by atoms with Crippen LogP contribution in [0.4, 0.5) is 9.59 Å². The summed E-state index contributed by atoms with van der Waals surface area (Å²) in [5.41, 5.74) is 0. The van der Waals surface area contributed by atoms with Gasteiger partial charge in [-0.3, -0.25) is 0 Å². The third-order valence-electron chi connectivity index (χ3n) is 1.33. The van der Waals surface area contributed by atoms with Gasteiger partial charge >= 0.3 is 12.3 Å². The molecule has 7 heteroatoms. The first-order valence-electron chi connectivity index (χ1n) is 4.33. The van der Waals surface area contributed by atoms with E-state index in [-0.39, 0.29) is 13.2 Å². The second kappa shape index (κ2) is 9.07. The number of ether oxygens (including phenoxy) is 4. The van der Waals surface area contributed by atoms with E-state index in [4.69, 9.17) is 0 Å². The van der Waals surface area contributed by atoms with E-state index in [1.807, 2.05) is 0 Å². The monoisotopic (exact) mass is 221 g/mol. The summed E-state index contributed by atoms with van der Waals surface area (Å²) >= 11 is 0. The van der Waals surface area contributed by atoms with Crippen molar-refractivity contribution in [1.82, 2.24) is 5.32 Å². The van der Waals surface area contributed by atoms with Gasteiger partial charge in [0, 0.05) is 13.1 Å². The maximum atomic E-state index is 10.5. The molecule has 0 aromatic rings. The number of rotatable bonds is 6. The molecule has 0 fully saturated rings. The largest absolute Gasteiger partial charge is 0.508 e. The van der Waals surface area contributed by atoms with Gasteiger partial charge in [-0.25, -0.2) is 9.59 Å². The highest BCUT2D eigenvalue weighted by Gasteiger charge is 2.00. The van der Waals surface area contributed by atoms with Crippen molar-refractivity contribution in [3.63, 3.8) is 0 Å². The van der Waals surface area contributed by atoms with E-state index >= 15 is 0 Å². The van der Waals surface area contributed by atoms with Crippen molar-refractivity contribution in [2.24, 2.45) is 0 Å². The molecule has 0 aromatic carbocycles. The quantitative estimate of drug-likeness (QED) is 0.504. The Balaban J connectivity index is 3.11. The van der Waals surface area contributed by atoms with Crippen LogP contribution in [0.5, 0.6) is 0 Å². The summed E-state index contributed by atoms with van der Waals surface area (Å²) in [7, 11) is 2.47. The van der Waals surface area contributed by atoms with Crippen LogP contribution >= 0.6 is 0 Å². The molecule has 0 radical (unpaired) electrons. The van der Waals surface area contributed by atoms with Crippen molar-refractivity contribution < 1.29 is 28.5 Å². The number of nitrogens with one attached hydrogen (secondary N) is 1. The highest BCUT2D eigenvalue weighted by molar-refractivity contribution is 5.59. The molecule has 15 heavy (non-hydrogen) atoms. The summed E-state index contributed by atoms with van der Waals surface area (Å²) in [6.45, 7) is 1.31. The summed E-state index contributed by atoms with van der Waals surface area (Å²) in [6, 6.07) is 0. The van der Waals surface area contributed by atoms with Gasteiger partial charge in [-0.1, -0.05) is 0 Å². The molecule has 0 rings (SSSR count). The maximum Gasteiger partial charge on any atom is 0.508 e. The van der Waals surface area contributed by atoms with Crippen LogP contribution in [0.1, 0.15) is 0 Å². The smallest absolute Gasteiger partial charge is 0.438 e. The first kappa shape index (κ1) is 13.5. The zero-order chi connectivity index (χ0) is 11.5. The van der Waals surface area contributed by atoms with Gasteiger partial charge in [0.25, 0.3) is 0 Å². The van der Waals surface area contributed by atoms with Gasteiger partial charge in [0.05, 0.1) is 14.2 Å². The Bertz CT molecular complexity index is 176. The average molecular weight is 221 g/mol. The van der Waals surface area contributed by atoms with Crippen LogP contribution in [0.2, 0.25) is 0 Å².